The van der Waals surface area contributed by atoms with E-state index < -0.39 is 5.91 Å². The summed E-state index contributed by atoms with van der Waals surface area (Å²) in [6.07, 6.45) is 3.09. The van der Waals surface area contributed by atoms with Gasteiger partial charge in [0.25, 0.3) is 5.91 Å². The van der Waals surface area contributed by atoms with Gasteiger partial charge in [0, 0.05) is 17.9 Å². The third-order valence-electron chi connectivity index (χ3n) is 4.86. The van der Waals surface area contributed by atoms with Gasteiger partial charge in [0.05, 0.1) is 17.2 Å². The van der Waals surface area contributed by atoms with Gasteiger partial charge in [-0.3, -0.25) is 4.79 Å². The Labute approximate surface area is 159 Å². The van der Waals surface area contributed by atoms with Gasteiger partial charge in [0.2, 0.25) is 0 Å². The molecule has 0 aliphatic carbocycles. The van der Waals surface area contributed by atoms with Gasteiger partial charge in [0.1, 0.15) is 0 Å². The van der Waals surface area contributed by atoms with Crippen molar-refractivity contribution in [3.8, 4) is 17.3 Å². The first-order chi connectivity index (χ1) is 13.1. The number of primary amides is 1. The molecule has 1 amide bonds. The van der Waals surface area contributed by atoms with Crippen LogP contribution in [0.5, 0.6) is 0 Å². The summed E-state index contributed by atoms with van der Waals surface area (Å²) in [5.74, 6) is -0.423. The second-order valence-electron chi connectivity index (χ2n) is 6.68. The smallest absolute Gasteiger partial charge is 0.250 e. The van der Waals surface area contributed by atoms with Gasteiger partial charge in [-0.05, 0) is 55.5 Å². The second-order valence-corrected chi connectivity index (χ2v) is 6.68. The average Bonchev–Trinajstić information content (AvgIpc) is 3.03. The lowest BCUT2D eigenvalue weighted by Crippen LogP contribution is -2.12. The van der Waals surface area contributed by atoms with Crippen molar-refractivity contribution in [2.24, 2.45) is 5.73 Å². The van der Waals surface area contributed by atoms with Crippen molar-refractivity contribution < 1.29 is 4.79 Å². The standard InChI is InChI=1S/C23H23N3O/c1-17-21(23(25)27)15-22(20-12-7-11-19(14-20)16-24)26(17)13-6-5-10-18-8-3-2-4-9-18/h2-4,7-9,11-12,14-15H,5-6,10,13H2,1H3,(H2,25,27). The monoisotopic (exact) mass is 357 g/mol. The highest BCUT2D eigenvalue weighted by molar-refractivity contribution is 5.95. The van der Waals surface area contributed by atoms with Crippen molar-refractivity contribution in [2.75, 3.05) is 0 Å². The van der Waals surface area contributed by atoms with Crippen LogP contribution in [0.2, 0.25) is 0 Å². The lowest BCUT2D eigenvalue weighted by Gasteiger charge is -2.12. The number of carbonyl (C=O) groups excluding carboxylic acids is 1. The van der Waals surface area contributed by atoms with Gasteiger partial charge < -0.3 is 10.3 Å². The first-order valence-electron chi connectivity index (χ1n) is 9.14. The lowest BCUT2D eigenvalue weighted by atomic mass is 10.1. The normalized spacial score (nSPS) is 10.5. The lowest BCUT2D eigenvalue weighted by molar-refractivity contribution is 0.0999. The van der Waals surface area contributed by atoms with Crippen LogP contribution in [0.3, 0.4) is 0 Å². The van der Waals surface area contributed by atoms with Crippen molar-refractivity contribution >= 4 is 5.91 Å². The molecule has 3 aromatic rings. The van der Waals surface area contributed by atoms with Crippen molar-refractivity contribution in [3.05, 3.63) is 83.0 Å². The Morgan fingerprint density at radius 1 is 1.07 bits per heavy atom. The molecular weight excluding hydrogens is 334 g/mol. The van der Waals surface area contributed by atoms with Gasteiger partial charge >= 0.3 is 0 Å². The quantitative estimate of drug-likeness (QED) is 0.634. The number of hydrogen-bond donors (Lipinski definition) is 1. The number of nitrogens with two attached hydrogens (primary N) is 1. The molecule has 0 unspecified atom stereocenters. The van der Waals surface area contributed by atoms with Gasteiger partial charge in [-0.1, -0.05) is 42.5 Å². The SMILES string of the molecule is Cc1c(C(N)=O)cc(-c2cccc(C#N)c2)n1CCCCc1ccccc1. The minimum absolute atomic E-state index is 0.423. The number of benzene rings is 2. The van der Waals surface area contributed by atoms with Gasteiger partial charge in [-0.2, -0.15) is 5.26 Å². The van der Waals surface area contributed by atoms with E-state index in [2.05, 4.69) is 34.9 Å². The topological polar surface area (TPSA) is 71.8 Å². The summed E-state index contributed by atoms with van der Waals surface area (Å²) in [5, 5.41) is 9.18. The maximum atomic E-state index is 11.8. The number of carbonyl (C=O) groups is 1. The maximum absolute atomic E-state index is 11.8. The highest BCUT2D eigenvalue weighted by Gasteiger charge is 2.16. The molecule has 0 spiro atoms. The highest BCUT2D eigenvalue weighted by atomic mass is 16.1. The molecule has 2 N–H and O–H groups in total. The maximum Gasteiger partial charge on any atom is 0.250 e. The van der Waals surface area contributed by atoms with Crippen LogP contribution in [0.4, 0.5) is 0 Å². The molecule has 3 rings (SSSR count). The predicted molar refractivity (Wildman–Crippen MR) is 107 cm³/mol. The number of aromatic nitrogens is 1. The molecule has 0 aliphatic heterocycles. The fraction of sp³-hybridized carbons (Fsp3) is 0.217. The summed E-state index contributed by atoms with van der Waals surface area (Å²) < 4.78 is 2.14. The number of hydrogen-bond acceptors (Lipinski definition) is 2. The molecule has 1 aromatic heterocycles. The summed E-state index contributed by atoms with van der Waals surface area (Å²) in [5.41, 5.74) is 10.8. The Morgan fingerprint density at radius 3 is 2.56 bits per heavy atom. The molecule has 4 heteroatoms. The number of nitrogens with zero attached hydrogens (tertiary/aromatic N) is 2. The zero-order chi connectivity index (χ0) is 19.2. The summed E-state index contributed by atoms with van der Waals surface area (Å²) >= 11 is 0. The van der Waals surface area contributed by atoms with Crippen LogP contribution in [0.15, 0.2) is 60.7 Å². The molecule has 0 fully saturated rings. The molecule has 0 atom stereocenters. The third kappa shape index (κ3) is 4.27. The van der Waals surface area contributed by atoms with Gasteiger partial charge in [0.15, 0.2) is 0 Å². The van der Waals surface area contributed by atoms with Crippen LogP contribution in [0.1, 0.15) is 40.0 Å². The fourth-order valence-corrected chi connectivity index (χ4v) is 3.41. The fourth-order valence-electron chi connectivity index (χ4n) is 3.41. The van der Waals surface area contributed by atoms with Crippen molar-refractivity contribution in [3.63, 3.8) is 0 Å². The molecule has 27 heavy (non-hydrogen) atoms. The van der Waals surface area contributed by atoms with Gasteiger partial charge in [-0.15, -0.1) is 0 Å². The first kappa shape index (κ1) is 18.5. The van der Waals surface area contributed by atoms with Crippen LogP contribution < -0.4 is 5.73 Å². The van der Waals surface area contributed by atoms with E-state index >= 15 is 0 Å². The third-order valence-corrected chi connectivity index (χ3v) is 4.86. The van der Waals surface area contributed by atoms with E-state index in [4.69, 9.17) is 5.73 Å². The Morgan fingerprint density at radius 2 is 1.85 bits per heavy atom. The van der Waals surface area contributed by atoms with E-state index in [0.29, 0.717) is 11.1 Å². The molecule has 0 radical (unpaired) electrons. The zero-order valence-corrected chi connectivity index (χ0v) is 15.5. The summed E-state index contributed by atoms with van der Waals surface area (Å²) in [6, 6.07) is 21.9. The molecule has 2 aromatic carbocycles. The summed E-state index contributed by atoms with van der Waals surface area (Å²) in [4.78, 5) is 11.8. The first-order valence-corrected chi connectivity index (χ1v) is 9.14. The predicted octanol–water partition coefficient (Wildman–Crippen LogP) is 4.46. The number of amides is 1. The molecule has 136 valence electrons. The highest BCUT2D eigenvalue weighted by Crippen LogP contribution is 2.27. The number of nitriles is 1. The van der Waals surface area contributed by atoms with Crippen molar-refractivity contribution in [1.82, 2.24) is 4.57 Å². The summed E-state index contributed by atoms with van der Waals surface area (Å²) in [7, 11) is 0. The van der Waals surface area contributed by atoms with Crippen LogP contribution in [-0.4, -0.2) is 10.5 Å². The van der Waals surface area contributed by atoms with E-state index in [1.165, 1.54) is 5.56 Å². The number of aryl methyl sites for hydroxylation is 1. The van der Waals surface area contributed by atoms with E-state index in [9.17, 15) is 10.1 Å². The molecule has 4 nitrogen and oxygen atoms in total. The largest absolute Gasteiger partial charge is 0.366 e. The second kappa shape index (κ2) is 8.37. The van der Waals surface area contributed by atoms with Crippen LogP contribution in [0.25, 0.3) is 11.3 Å². The number of unbranched alkanes of at least 4 members (excludes halogenated alkanes) is 1. The average molecular weight is 357 g/mol. The van der Waals surface area contributed by atoms with Crippen LogP contribution in [-0.2, 0) is 13.0 Å². The Kier molecular flexibility index (Phi) is 5.73. The molecular formula is C23H23N3O. The zero-order valence-electron chi connectivity index (χ0n) is 15.5. The number of rotatable bonds is 7. The van der Waals surface area contributed by atoms with E-state index in [-0.39, 0.29) is 0 Å². The van der Waals surface area contributed by atoms with Crippen molar-refractivity contribution in [2.45, 2.75) is 32.7 Å². The molecule has 0 bridgehead atoms. The Balaban J connectivity index is 1.82. The molecule has 0 saturated heterocycles. The minimum atomic E-state index is -0.423. The van der Waals surface area contributed by atoms with E-state index in [1.54, 1.807) is 6.07 Å². The Bertz CT molecular complexity index is 981. The van der Waals surface area contributed by atoms with Crippen molar-refractivity contribution in [1.29, 1.82) is 5.26 Å². The minimum Gasteiger partial charge on any atom is -0.366 e. The summed E-state index contributed by atoms with van der Waals surface area (Å²) in [6.45, 7) is 2.73. The van der Waals surface area contributed by atoms with Crippen LogP contribution in [0, 0.1) is 18.3 Å². The molecule has 0 aliphatic rings. The molecule has 0 saturated carbocycles. The Hall–Kier alpha value is -3.32. The van der Waals surface area contributed by atoms with E-state index in [1.807, 2.05) is 37.3 Å². The molecule has 1 heterocycles. The van der Waals surface area contributed by atoms with Crippen LogP contribution >= 0.6 is 0 Å². The van der Waals surface area contributed by atoms with Gasteiger partial charge in [-0.25, -0.2) is 0 Å². The van der Waals surface area contributed by atoms with E-state index in [0.717, 1.165) is 42.8 Å².